The molecule has 1 atom stereocenters. The van der Waals surface area contributed by atoms with Crippen molar-refractivity contribution >= 4 is 28.2 Å². The number of amides is 2. The number of anilines is 1. The van der Waals surface area contributed by atoms with Gasteiger partial charge in [0.2, 0.25) is 5.91 Å². The van der Waals surface area contributed by atoms with E-state index in [1.54, 1.807) is 29.8 Å². The lowest BCUT2D eigenvalue weighted by molar-refractivity contribution is -0.111. The highest BCUT2D eigenvalue weighted by Gasteiger charge is 2.26. The second-order valence-electron chi connectivity index (χ2n) is 7.85. The van der Waals surface area contributed by atoms with Crippen molar-refractivity contribution in [3.05, 3.63) is 70.4 Å². The number of fused-ring (bicyclic) bond motifs is 1. The number of pyridine rings is 1. The van der Waals surface area contributed by atoms with Crippen molar-refractivity contribution in [1.29, 1.82) is 0 Å². The predicted molar refractivity (Wildman–Crippen MR) is 121 cm³/mol. The minimum Gasteiger partial charge on any atom is -0.348 e. The van der Waals surface area contributed by atoms with E-state index in [1.165, 1.54) is 4.88 Å². The second kappa shape index (κ2) is 9.85. The highest BCUT2D eigenvalue weighted by molar-refractivity contribution is 7.17. The number of aryl methyl sites for hydroxylation is 1. The highest BCUT2D eigenvalue weighted by atomic mass is 32.1. The Morgan fingerprint density at radius 3 is 2.93 bits per heavy atom. The van der Waals surface area contributed by atoms with Crippen molar-refractivity contribution in [1.82, 2.24) is 10.3 Å². The number of allylic oxidation sites excluding steroid dienone is 3. The first-order valence-electron chi connectivity index (χ1n) is 10.7. The van der Waals surface area contributed by atoms with Gasteiger partial charge in [-0.1, -0.05) is 24.3 Å². The lowest BCUT2D eigenvalue weighted by Crippen LogP contribution is -2.25. The molecule has 1 unspecified atom stereocenters. The van der Waals surface area contributed by atoms with Gasteiger partial charge in [-0.05, 0) is 74.1 Å². The third-order valence-electron chi connectivity index (χ3n) is 5.64. The summed E-state index contributed by atoms with van der Waals surface area (Å²) in [4.78, 5) is 30.9. The van der Waals surface area contributed by atoms with Gasteiger partial charge in [0, 0.05) is 23.8 Å². The van der Waals surface area contributed by atoms with E-state index in [9.17, 15) is 9.59 Å². The van der Waals surface area contributed by atoms with Crippen LogP contribution in [0.4, 0.5) is 5.00 Å². The molecule has 156 valence electrons. The van der Waals surface area contributed by atoms with Crippen molar-refractivity contribution in [3.8, 4) is 0 Å². The average Bonchev–Trinajstić information content (AvgIpc) is 3.15. The maximum Gasteiger partial charge on any atom is 0.254 e. The van der Waals surface area contributed by atoms with Crippen LogP contribution in [0.25, 0.3) is 0 Å². The fourth-order valence-electron chi connectivity index (χ4n) is 4.04. The molecule has 0 aromatic carbocycles. The largest absolute Gasteiger partial charge is 0.348 e. The monoisotopic (exact) mass is 421 g/mol. The zero-order valence-corrected chi connectivity index (χ0v) is 17.8. The van der Waals surface area contributed by atoms with Crippen molar-refractivity contribution in [2.24, 2.45) is 5.92 Å². The SMILES string of the molecule is O=C(/C=C/C1CC=CCC1)Nc1sc2c(c1C(=O)NCc1cccnc1)CCCC2. The van der Waals surface area contributed by atoms with Crippen LogP contribution in [0.5, 0.6) is 0 Å². The van der Waals surface area contributed by atoms with Gasteiger partial charge in [-0.25, -0.2) is 0 Å². The number of carbonyl (C=O) groups excluding carboxylic acids is 2. The molecular formula is C24H27N3O2S. The summed E-state index contributed by atoms with van der Waals surface area (Å²) in [6.07, 6.45) is 18.7. The molecule has 2 heterocycles. The van der Waals surface area contributed by atoms with Gasteiger partial charge < -0.3 is 10.6 Å². The second-order valence-corrected chi connectivity index (χ2v) is 8.96. The van der Waals surface area contributed by atoms with Crippen LogP contribution in [0, 0.1) is 5.92 Å². The van der Waals surface area contributed by atoms with Crippen LogP contribution in [0.2, 0.25) is 0 Å². The van der Waals surface area contributed by atoms with Gasteiger partial charge in [0.1, 0.15) is 5.00 Å². The van der Waals surface area contributed by atoms with Crippen LogP contribution in [0.15, 0.2) is 48.8 Å². The van der Waals surface area contributed by atoms with Gasteiger partial charge in [0.15, 0.2) is 0 Å². The molecule has 4 rings (SSSR count). The smallest absolute Gasteiger partial charge is 0.254 e. The van der Waals surface area contributed by atoms with Crippen LogP contribution in [-0.4, -0.2) is 16.8 Å². The van der Waals surface area contributed by atoms with Crippen LogP contribution in [-0.2, 0) is 24.2 Å². The van der Waals surface area contributed by atoms with E-state index >= 15 is 0 Å². The first-order chi connectivity index (χ1) is 14.7. The topological polar surface area (TPSA) is 71.1 Å². The molecule has 2 N–H and O–H groups in total. The highest BCUT2D eigenvalue weighted by Crippen LogP contribution is 2.38. The standard InChI is InChI=1S/C24H27N3O2S/c28-21(13-12-17-7-2-1-3-8-17)27-24-22(19-10-4-5-11-20(19)30-24)23(29)26-16-18-9-6-14-25-15-18/h1-2,6,9,12-15,17H,3-5,7-8,10-11,16H2,(H,26,29)(H,27,28)/b13-12+. The number of nitrogens with zero attached hydrogens (tertiary/aromatic N) is 1. The molecule has 2 aliphatic rings. The first kappa shape index (κ1) is 20.5. The van der Waals surface area contributed by atoms with Gasteiger partial charge in [0.05, 0.1) is 5.56 Å². The van der Waals surface area contributed by atoms with Gasteiger partial charge in [-0.15, -0.1) is 11.3 Å². The van der Waals surface area contributed by atoms with Crippen molar-refractivity contribution < 1.29 is 9.59 Å². The van der Waals surface area contributed by atoms with E-state index < -0.39 is 0 Å². The molecule has 5 nitrogen and oxygen atoms in total. The molecule has 2 amide bonds. The Kier molecular flexibility index (Phi) is 6.74. The number of hydrogen-bond acceptors (Lipinski definition) is 4. The summed E-state index contributed by atoms with van der Waals surface area (Å²) in [5.74, 6) is 0.124. The Balaban J connectivity index is 1.48. The van der Waals surface area contributed by atoms with E-state index in [0.29, 0.717) is 23.0 Å². The summed E-state index contributed by atoms with van der Waals surface area (Å²) in [7, 11) is 0. The van der Waals surface area contributed by atoms with Crippen LogP contribution in [0.3, 0.4) is 0 Å². The normalized spacial score (nSPS) is 18.2. The predicted octanol–water partition coefficient (Wildman–Crippen LogP) is 4.80. The van der Waals surface area contributed by atoms with Crippen LogP contribution >= 0.6 is 11.3 Å². The molecule has 2 aromatic rings. The van der Waals surface area contributed by atoms with E-state index in [2.05, 4.69) is 27.8 Å². The molecule has 30 heavy (non-hydrogen) atoms. The Morgan fingerprint density at radius 1 is 1.23 bits per heavy atom. The van der Waals surface area contributed by atoms with E-state index in [4.69, 9.17) is 0 Å². The van der Waals surface area contributed by atoms with Crippen LogP contribution < -0.4 is 10.6 Å². The molecule has 0 radical (unpaired) electrons. The summed E-state index contributed by atoms with van der Waals surface area (Å²) in [5, 5.41) is 6.66. The van der Waals surface area contributed by atoms with Crippen LogP contribution in [0.1, 0.15) is 58.5 Å². The number of carbonyl (C=O) groups is 2. The number of nitrogens with one attached hydrogen (secondary N) is 2. The summed E-state index contributed by atoms with van der Waals surface area (Å²) < 4.78 is 0. The Hall–Kier alpha value is -2.73. The van der Waals surface area contributed by atoms with Gasteiger partial charge >= 0.3 is 0 Å². The number of hydrogen-bond donors (Lipinski definition) is 2. The van der Waals surface area contributed by atoms with Crippen molar-refractivity contribution in [3.63, 3.8) is 0 Å². The van der Waals surface area contributed by atoms with E-state index in [1.807, 2.05) is 18.2 Å². The zero-order valence-electron chi connectivity index (χ0n) is 17.0. The molecule has 6 heteroatoms. The van der Waals surface area contributed by atoms with Gasteiger partial charge in [0.25, 0.3) is 5.91 Å². The molecule has 0 spiro atoms. The fraction of sp³-hybridized carbons (Fsp3) is 0.375. The summed E-state index contributed by atoms with van der Waals surface area (Å²) in [6, 6.07) is 3.79. The molecule has 0 saturated heterocycles. The van der Waals surface area contributed by atoms with Crippen molar-refractivity contribution in [2.45, 2.75) is 51.5 Å². The Morgan fingerprint density at radius 2 is 2.13 bits per heavy atom. The number of thiophene rings is 1. The molecule has 2 aliphatic carbocycles. The molecule has 2 aromatic heterocycles. The molecule has 0 fully saturated rings. The lowest BCUT2D eigenvalue weighted by Gasteiger charge is -2.13. The first-order valence-corrected chi connectivity index (χ1v) is 11.5. The van der Waals surface area contributed by atoms with E-state index in [-0.39, 0.29) is 11.8 Å². The maximum atomic E-state index is 13.1. The minimum atomic E-state index is -0.163. The third-order valence-corrected chi connectivity index (χ3v) is 6.85. The quantitative estimate of drug-likeness (QED) is 0.520. The Bertz CT molecular complexity index is 962. The summed E-state index contributed by atoms with van der Waals surface area (Å²) in [5.41, 5.74) is 2.69. The maximum absolute atomic E-state index is 13.1. The minimum absolute atomic E-state index is 0.130. The van der Waals surface area contributed by atoms with E-state index in [0.717, 1.165) is 56.1 Å². The molecule has 0 bridgehead atoms. The van der Waals surface area contributed by atoms with Gasteiger partial charge in [-0.2, -0.15) is 0 Å². The average molecular weight is 422 g/mol. The zero-order chi connectivity index (χ0) is 20.8. The molecular weight excluding hydrogens is 394 g/mol. The Labute approximate surface area is 181 Å². The number of aromatic nitrogens is 1. The lowest BCUT2D eigenvalue weighted by atomic mass is 9.94. The molecule has 0 saturated carbocycles. The number of rotatable bonds is 6. The van der Waals surface area contributed by atoms with Crippen molar-refractivity contribution in [2.75, 3.05) is 5.32 Å². The van der Waals surface area contributed by atoms with Gasteiger partial charge in [-0.3, -0.25) is 14.6 Å². The fourth-order valence-corrected chi connectivity index (χ4v) is 5.33. The molecule has 0 aliphatic heterocycles. The third kappa shape index (κ3) is 5.05. The summed E-state index contributed by atoms with van der Waals surface area (Å²) >= 11 is 1.55. The summed E-state index contributed by atoms with van der Waals surface area (Å²) in [6.45, 7) is 0.416.